The highest BCUT2D eigenvalue weighted by Crippen LogP contribution is 2.20. The minimum Gasteiger partial charge on any atom is -0.324 e. The number of aromatic nitrogens is 4. The van der Waals surface area contributed by atoms with Crippen molar-refractivity contribution in [1.29, 1.82) is 0 Å². The van der Waals surface area contributed by atoms with E-state index in [4.69, 9.17) is 5.14 Å². The van der Waals surface area contributed by atoms with Crippen molar-refractivity contribution in [2.24, 2.45) is 19.2 Å². The average molecular weight is 485 g/mol. The number of nitrogens with two attached hydrogens (primary N) is 1. The quantitative estimate of drug-likeness (QED) is 0.488. The number of nitrogens with zero attached hydrogens (tertiary/aromatic N) is 4. The van der Waals surface area contributed by atoms with Gasteiger partial charge in [0.2, 0.25) is 15.9 Å². The molecule has 0 aliphatic heterocycles. The predicted molar refractivity (Wildman–Crippen MR) is 109 cm³/mol. The third-order valence-corrected chi connectivity index (χ3v) is 6.03. The van der Waals surface area contributed by atoms with Crippen LogP contribution >= 0.6 is 15.9 Å². The van der Waals surface area contributed by atoms with Gasteiger partial charge in [-0.3, -0.25) is 23.3 Å². The Morgan fingerprint density at radius 1 is 1.24 bits per heavy atom. The van der Waals surface area contributed by atoms with E-state index < -0.39 is 27.2 Å². The Kier molecular flexibility index (Phi) is 5.23. The number of carbonyl (C=O) groups excluding carboxylic acids is 1. The van der Waals surface area contributed by atoms with Crippen molar-refractivity contribution in [3.05, 3.63) is 49.3 Å². The lowest BCUT2D eigenvalue weighted by Crippen LogP contribution is -2.37. The van der Waals surface area contributed by atoms with E-state index >= 15 is 0 Å². The van der Waals surface area contributed by atoms with Crippen LogP contribution in [0.2, 0.25) is 0 Å². The first-order valence-electron chi connectivity index (χ1n) is 8.17. The van der Waals surface area contributed by atoms with Gasteiger partial charge in [-0.05, 0) is 40.5 Å². The van der Waals surface area contributed by atoms with Crippen LogP contribution in [0.4, 0.5) is 5.69 Å². The number of sulfonamides is 1. The smallest absolute Gasteiger partial charge is 0.324 e. The summed E-state index contributed by atoms with van der Waals surface area (Å²) in [5, 5.41) is 7.76. The maximum atomic E-state index is 12.5. The Hall–Kier alpha value is -2.77. The summed E-state index contributed by atoms with van der Waals surface area (Å²) >= 11 is 3.20. The van der Waals surface area contributed by atoms with E-state index in [1.165, 1.54) is 41.4 Å². The van der Waals surface area contributed by atoms with E-state index in [0.29, 0.717) is 5.56 Å². The summed E-state index contributed by atoms with van der Waals surface area (Å²) < 4.78 is 27.0. The van der Waals surface area contributed by atoms with E-state index in [1.807, 2.05) is 0 Å². The van der Waals surface area contributed by atoms with Gasteiger partial charge in [0, 0.05) is 19.8 Å². The molecule has 0 saturated carbocycles. The van der Waals surface area contributed by atoms with Crippen LogP contribution in [0, 0.1) is 6.92 Å². The van der Waals surface area contributed by atoms with Crippen molar-refractivity contribution >= 4 is 48.7 Å². The molecule has 29 heavy (non-hydrogen) atoms. The summed E-state index contributed by atoms with van der Waals surface area (Å²) in [6.45, 7) is 1.30. The molecule has 3 aromatic rings. The van der Waals surface area contributed by atoms with Gasteiger partial charge < -0.3 is 5.32 Å². The second kappa shape index (κ2) is 7.24. The Balaban J connectivity index is 1.99. The highest BCUT2D eigenvalue weighted by Gasteiger charge is 2.20. The summed E-state index contributed by atoms with van der Waals surface area (Å²) in [5.41, 5.74) is -0.266. The standard InChI is InChI=1S/C16H17BrN6O5S/c1-8-4-5-9(6-10(8)29(18,27)28)19-11(24)7-23-13-12(20-15(23)17)14(25)22(3)16(26)21(13)2/h4-6H,7H2,1-3H3,(H,19,24)(H2,18,27,28). The van der Waals surface area contributed by atoms with Crippen molar-refractivity contribution in [1.82, 2.24) is 18.7 Å². The molecule has 0 radical (unpaired) electrons. The first-order valence-corrected chi connectivity index (χ1v) is 10.5. The van der Waals surface area contributed by atoms with E-state index in [2.05, 4.69) is 26.2 Å². The lowest BCUT2D eigenvalue weighted by Gasteiger charge is -2.11. The molecule has 0 unspecified atom stereocenters. The maximum absolute atomic E-state index is 12.5. The zero-order chi connectivity index (χ0) is 21.7. The number of hydrogen-bond donors (Lipinski definition) is 2. The average Bonchev–Trinajstić information content (AvgIpc) is 2.95. The minimum absolute atomic E-state index is 0.0288. The zero-order valence-electron chi connectivity index (χ0n) is 15.6. The normalized spacial score (nSPS) is 11.8. The number of benzene rings is 1. The fraction of sp³-hybridized carbons (Fsp3) is 0.250. The molecular formula is C16H17BrN6O5S. The fourth-order valence-corrected chi connectivity index (χ4v) is 4.21. The second-order valence-electron chi connectivity index (χ2n) is 6.42. The molecule has 1 amide bonds. The van der Waals surface area contributed by atoms with Crippen LogP contribution in [-0.2, 0) is 35.5 Å². The highest BCUT2D eigenvalue weighted by molar-refractivity contribution is 9.10. The monoisotopic (exact) mass is 484 g/mol. The lowest BCUT2D eigenvalue weighted by atomic mass is 10.2. The summed E-state index contributed by atoms with van der Waals surface area (Å²) in [5.74, 6) is -0.526. The van der Waals surface area contributed by atoms with Crippen LogP contribution in [0.5, 0.6) is 0 Å². The fourth-order valence-electron chi connectivity index (χ4n) is 2.93. The highest BCUT2D eigenvalue weighted by atomic mass is 79.9. The van der Waals surface area contributed by atoms with Gasteiger partial charge in [0.1, 0.15) is 6.54 Å². The van der Waals surface area contributed by atoms with Gasteiger partial charge >= 0.3 is 5.69 Å². The molecule has 0 aliphatic rings. The van der Waals surface area contributed by atoms with Crippen molar-refractivity contribution in [3.63, 3.8) is 0 Å². The molecule has 0 saturated heterocycles. The van der Waals surface area contributed by atoms with Gasteiger partial charge in [0.05, 0.1) is 4.90 Å². The number of fused-ring (bicyclic) bond motifs is 1. The Bertz CT molecular complexity index is 1390. The van der Waals surface area contributed by atoms with Gasteiger partial charge in [-0.25, -0.2) is 23.3 Å². The van der Waals surface area contributed by atoms with E-state index in [9.17, 15) is 22.8 Å². The molecule has 1 aromatic carbocycles. The van der Waals surface area contributed by atoms with E-state index in [-0.39, 0.29) is 33.0 Å². The van der Waals surface area contributed by atoms with Gasteiger partial charge in [0.15, 0.2) is 15.9 Å². The number of hydrogen-bond acceptors (Lipinski definition) is 6. The molecule has 11 nitrogen and oxygen atoms in total. The molecule has 0 bridgehead atoms. The molecule has 0 spiro atoms. The Morgan fingerprint density at radius 3 is 2.52 bits per heavy atom. The molecule has 2 aromatic heterocycles. The van der Waals surface area contributed by atoms with Crippen LogP contribution in [0.25, 0.3) is 11.2 Å². The lowest BCUT2D eigenvalue weighted by molar-refractivity contribution is -0.116. The summed E-state index contributed by atoms with van der Waals surface area (Å²) in [4.78, 5) is 41.0. The number of rotatable bonds is 4. The number of imidazole rings is 1. The van der Waals surface area contributed by atoms with Gasteiger partial charge in [-0.15, -0.1) is 0 Å². The number of carbonyl (C=O) groups is 1. The molecule has 0 atom stereocenters. The summed E-state index contributed by atoms with van der Waals surface area (Å²) in [6.07, 6.45) is 0. The second-order valence-corrected chi connectivity index (χ2v) is 8.66. The van der Waals surface area contributed by atoms with E-state index in [0.717, 1.165) is 4.57 Å². The molecule has 154 valence electrons. The van der Waals surface area contributed by atoms with Crippen LogP contribution in [0.1, 0.15) is 5.56 Å². The predicted octanol–water partition coefficient (Wildman–Crippen LogP) is -0.209. The number of halogens is 1. The van der Waals surface area contributed by atoms with Gasteiger partial charge in [0.25, 0.3) is 5.56 Å². The van der Waals surface area contributed by atoms with Crippen molar-refractivity contribution in [2.45, 2.75) is 18.4 Å². The van der Waals surface area contributed by atoms with Crippen LogP contribution in [0.15, 0.2) is 37.4 Å². The third kappa shape index (κ3) is 3.75. The molecule has 0 aliphatic carbocycles. The van der Waals surface area contributed by atoms with E-state index in [1.54, 1.807) is 6.92 Å². The van der Waals surface area contributed by atoms with Gasteiger partial charge in [-0.2, -0.15) is 0 Å². The van der Waals surface area contributed by atoms with Gasteiger partial charge in [-0.1, -0.05) is 6.07 Å². The van der Waals surface area contributed by atoms with Crippen molar-refractivity contribution in [3.8, 4) is 0 Å². The third-order valence-electron chi connectivity index (χ3n) is 4.37. The summed E-state index contributed by atoms with van der Waals surface area (Å²) in [7, 11) is -1.14. The van der Waals surface area contributed by atoms with Crippen LogP contribution < -0.4 is 21.7 Å². The number of nitrogens with one attached hydrogen (secondary N) is 1. The minimum atomic E-state index is -3.95. The van der Waals surface area contributed by atoms with Crippen LogP contribution in [0.3, 0.4) is 0 Å². The first kappa shape index (κ1) is 21.0. The number of primary sulfonamides is 1. The number of aryl methyl sites for hydroxylation is 2. The number of amides is 1. The summed E-state index contributed by atoms with van der Waals surface area (Å²) in [6, 6.07) is 4.31. The Labute approximate surface area is 172 Å². The molecular weight excluding hydrogens is 468 g/mol. The topological polar surface area (TPSA) is 151 Å². The molecule has 0 fully saturated rings. The first-order chi connectivity index (χ1) is 13.4. The largest absolute Gasteiger partial charge is 0.332 e. The van der Waals surface area contributed by atoms with Crippen molar-refractivity contribution in [2.75, 3.05) is 5.32 Å². The Morgan fingerprint density at radius 2 is 1.90 bits per heavy atom. The van der Waals surface area contributed by atoms with Crippen molar-refractivity contribution < 1.29 is 13.2 Å². The molecule has 2 heterocycles. The molecule has 3 N–H and O–H groups in total. The number of anilines is 1. The SMILES string of the molecule is Cc1ccc(NC(=O)Cn2c(Br)nc3c(=O)n(C)c(=O)n(C)c32)cc1S(N)(=O)=O. The maximum Gasteiger partial charge on any atom is 0.332 e. The van der Waals surface area contributed by atoms with Crippen LogP contribution in [-0.4, -0.2) is 33.0 Å². The zero-order valence-corrected chi connectivity index (χ0v) is 18.0. The molecule has 3 rings (SSSR count). The molecule has 13 heteroatoms.